The molecule has 46 valence electrons. The van der Waals surface area contributed by atoms with Crippen LogP contribution in [0.5, 0.6) is 0 Å². The van der Waals surface area contributed by atoms with E-state index < -0.39 is 0 Å². The van der Waals surface area contributed by atoms with Crippen molar-refractivity contribution in [3.8, 4) is 0 Å². The molecule has 0 N–H and O–H groups in total. The van der Waals surface area contributed by atoms with E-state index in [0.717, 1.165) is 6.42 Å². The molecular formula is C7H12O. The predicted molar refractivity (Wildman–Crippen MR) is 33.7 cm³/mol. The van der Waals surface area contributed by atoms with Gasteiger partial charge in [-0.2, -0.15) is 0 Å². The van der Waals surface area contributed by atoms with E-state index in [2.05, 4.69) is 13.5 Å². The van der Waals surface area contributed by atoms with Crippen LogP contribution >= 0.6 is 0 Å². The van der Waals surface area contributed by atoms with Crippen LogP contribution in [0.1, 0.15) is 13.3 Å². The third kappa shape index (κ3) is 0.671. The Kier molecular flexibility index (Phi) is 1.39. The Labute approximate surface area is 50.3 Å². The highest BCUT2D eigenvalue weighted by Crippen LogP contribution is 2.33. The van der Waals surface area contributed by atoms with Crippen LogP contribution in [0, 0.1) is 5.92 Å². The van der Waals surface area contributed by atoms with Gasteiger partial charge in [-0.05, 0) is 17.9 Å². The fraction of sp³-hybridized carbons (Fsp3) is 0.714. The van der Waals surface area contributed by atoms with Crippen molar-refractivity contribution in [2.45, 2.75) is 19.4 Å². The topological polar surface area (TPSA) is 9.23 Å². The fourth-order valence-corrected chi connectivity index (χ4v) is 1.03. The van der Waals surface area contributed by atoms with Gasteiger partial charge in [0.1, 0.15) is 0 Å². The summed E-state index contributed by atoms with van der Waals surface area (Å²) in [6.45, 7) is 6.05. The zero-order valence-electron chi connectivity index (χ0n) is 5.48. The second-order valence-electron chi connectivity index (χ2n) is 2.44. The van der Waals surface area contributed by atoms with E-state index in [0.29, 0.717) is 12.0 Å². The smallest absolute Gasteiger partial charge is 0.0786 e. The summed E-state index contributed by atoms with van der Waals surface area (Å²) in [6.07, 6.45) is 1.53. The van der Waals surface area contributed by atoms with Gasteiger partial charge in [-0.3, -0.25) is 0 Å². The zero-order chi connectivity index (χ0) is 6.15. The van der Waals surface area contributed by atoms with Gasteiger partial charge in [-0.15, -0.1) is 0 Å². The summed E-state index contributed by atoms with van der Waals surface area (Å²) in [5.74, 6) is 0.694. The summed E-state index contributed by atoms with van der Waals surface area (Å²) >= 11 is 0. The molecule has 0 spiro atoms. The number of hydrogen-bond donors (Lipinski definition) is 0. The van der Waals surface area contributed by atoms with Crippen LogP contribution in [0.2, 0.25) is 0 Å². The van der Waals surface area contributed by atoms with Crippen LogP contribution < -0.4 is 0 Å². The molecule has 0 aromatic heterocycles. The normalized spacial score (nSPS) is 37.0. The Morgan fingerprint density at radius 2 is 2.38 bits per heavy atom. The van der Waals surface area contributed by atoms with Crippen molar-refractivity contribution in [2.24, 2.45) is 5.92 Å². The van der Waals surface area contributed by atoms with Gasteiger partial charge in [0.05, 0.1) is 6.10 Å². The quantitative estimate of drug-likeness (QED) is 0.468. The number of rotatable bonds is 1. The highest BCUT2D eigenvalue weighted by Gasteiger charge is 2.29. The Bertz CT molecular complexity index is 107. The standard InChI is InChI=1S/C7H12O/c1-5-4-7(8-3)6(5)2/h5,7H,2,4H2,1,3H3. The molecule has 2 unspecified atom stereocenters. The van der Waals surface area contributed by atoms with Crippen molar-refractivity contribution in [1.82, 2.24) is 0 Å². The molecule has 0 aromatic carbocycles. The second kappa shape index (κ2) is 1.90. The van der Waals surface area contributed by atoms with Gasteiger partial charge in [-0.1, -0.05) is 13.5 Å². The molecule has 0 heterocycles. The molecule has 1 nitrogen and oxygen atoms in total. The van der Waals surface area contributed by atoms with Crippen LogP contribution in [0.3, 0.4) is 0 Å². The molecule has 1 aliphatic carbocycles. The minimum Gasteiger partial charge on any atom is -0.377 e. The Morgan fingerprint density at radius 3 is 2.50 bits per heavy atom. The van der Waals surface area contributed by atoms with Gasteiger partial charge in [0.15, 0.2) is 0 Å². The lowest BCUT2D eigenvalue weighted by molar-refractivity contribution is 0.0663. The third-order valence-electron chi connectivity index (χ3n) is 1.90. The molecule has 0 aromatic rings. The average Bonchev–Trinajstić information content (AvgIpc) is 1.81. The summed E-state index contributed by atoms with van der Waals surface area (Å²) in [4.78, 5) is 0. The zero-order valence-corrected chi connectivity index (χ0v) is 5.48. The lowest BCUT2D eigenvalue weighted by atomic mass is 9.79. The van der Waals surface area contributed by atoms with Crippen LogP contribution in [0.25, 0.3) is 0 Å². The number of ether oxygens (including phenoxy) is 1. The Morgan fingerprint density at radius 1 is 1.75 bits per heavy atom. The first-order chi connectivity index (χ1) is 3.75. The molecule has 1 heteroatoms. The van der Waals surface area contributed by atoms with Crippen molar-refractivity contribution < 1.29 is 4.74 Å². The molecule has 1 saturated carbocycles. The van der Waals surface area contributed by atoms with Gasteiger partial charge in [0.2, 0.25) is 0 Å². The van der Waals surface area contributed by atoms with Gasteiger partial charge < -0.3 is 4.74 Å². The Hall–Kier alpha value is -0.300. The molecular weight excluding hydrogens is 100 g/mol. The summed E-state index contributed by atoms with van der Waals surface area (Å²) in [6, 6.07) is 0. The van der Waals surface area contributed by atoms with Gasteiger partial charge in [0, 0.05) is 7.11 Å². The molecule has 1 fully saturated rings. The van der Waals surface area contributed by atoms with Crippen LogP contribution in [-0.2, 0) is 4.74 Å². The lowest BCUT2D eigenvalue weighted by Crippen LogP contribution is -2.31. The van der Waals surface area contributed by atoms with Gasteiger partial charge in [0.25, 0.3) is 0 Å². The number of methoxy groups -OCH3 is 1. The van der Waals surface area contributed by atoms with Crippen LogP contribution in [0.15, 0.2) is 12.2 Å². The van der Waals surface area contributed by atoms with E-state index in [4.69, 9.17) is 4.74 Å². The predicted octanol–water partition coefficient (Wildman–Crippen LogP) is 1.60. The van der Waals surface area contributed by atoms with Crippen LogP contribution in [0.4, 0.5) is 0 Å². The molecule has 0 amide bonds. The van der Waals surface area contributed by atoms with Gasteiger partial charge >= 0.3 is 0 Å². The highest BCUT2D eigenvalue weighted by molar-refractivity contribution is 5.16. The fourth-order valence-electron chi connectivity index (χ4n) is 1.03. The van der Waals surface area contributed by atoms with Crippen molar-refractivity contribution in [3.63, 3.8) is 0 Å². The van der Waals surface area contributed by atoms with Crippen molar-refractivity contribution in [2.75, 3.05) is 7.11 Å². The minimum absolute atomic E-state index is 0.366. The van der Waals surface area contributed by atoms with E-state index in [-0.39, 0.29) is 0 Å². The van der Waals surface area contributed by atoms with Crippen molar-refractivity contribution in [1.29, 1.82) is 0 Å². The van der Waals surface area contributed by atoms with Crippen LogP contribution in [-0.4, -0.2) is 13.2 Å². The summed E-state index contributed by atoms with van der Waals surface area (Å²) in [7, 11) is 1.74. The molecule has 1 rings (SSSR count). The SMILES string of the molecule is C=C1C(C)CC1OC. The highest BCUT2D eigenvalue weighted by atomic mass is 16.5. The van der Waals surface area contributed by atoms with Crippen molar-refractivity contribution in [3.05, 3.63) is 12.2 Å². The maximum atomic E-state index is 5.07. The summed E-state index contributed by atoms with van der Waals surface area (Å²) in [5, 5.41) is 0. The van der Waals surface area contributed by atoms with E-state index in [9.17, 15) is 0 Å². The minimum atomic E-state index is 0.366. The maximum absolute atomic E-state index is 5.07. The maximum Gasteiger partial charge on any atom is 0.0786 e. The molecule has 0 aliphatic heterocycles. The lowest BCUT2D eigenvalue weighted by Gasteiger charge is -2.34. The monoisotopic (exact) mass is 112 g/mol. The second-order valence-corrected chi connectivity index (χ2v) is 2.44. The molecule has 0 radical (unpaired) electrons. The molecule has 8 heavy (non-hydrogen) atoms. The van der Waals surface area contributed by atoms with E-state index in [1.54, 1.807) is 7.11 Å². The van der Waals surface area contributed by atoms with E-state index in [1.807, 2.05) is 0 Å². The third-order valence-corrected chi connectivity index (χ3v) is 1.90. The first-order valence-corrected chi connectivity index (χ1v) is 2.97. The molecule has 1 aliphatic rings. The molecule has 2 atom stereocenters. The Balaban J connectivity index is 2.36. The summed E-state index contributed by atoms with van der Waals surface area (Å²) < 4.78 is 5.07. The molecule has 0 bridgehead atoms. The van der Waals surface area contributed by atoms with E-state index >= 15 is 0 Å². The summed E-state index contributed by atoms with van der Waals surface area (Å²) in [5.41, 5.74) is 1.26. The van der Waals surface area contributed by atoms with Crippen molar-refractivity contribution >= 4 is 0 Å². The van der Waals surface area contributed by atoms with Gasteiger partial charge in [-0.25, -0.2) is 0 Å². The first kappa shape index (κ1) is 5.83. The van der Waals surface area contributed by atoms with E-state index in [1.165, 1.54) is 5.57 Å². The average molecular weight is 112 g/mol. The first-order valence-electron chi connectivity index (χ1n) is 2.97. The molecule has 0 saturated heterocycles. The number of hydrogen-bond acceptors (Lipinski definition) is 1. The largest absolute Gasteiger partial charge is 0.377 e.